The molecule has 37 heavy (non-hydrogen) atoms. The fourth-order valence-electron chi connectivity index (χ4n) is 4.20. The Bertz CT molecular complexity index is 1080. The summed E-state index contributed by atoms with van der Waals surface area (Å²) in [5.74, 6) is 1.36. The molecule has 0 aliphatic heterocycles. The molecule has 0 aliphatic carbocycles. The molecule has 2 aromatic rings. The van der Waals surface area contributed by atoms with Gasteiger partial charge in [0.1, 0.15) is 32.8 Å². The highest BCUT2D eigenvalue weighted by molar-refractivity contribution is 7.91. The molecular weight excluding hydrogens is 488 g/mol. The van der Waals surface area contributed by atoms with Crippen LogP contribution in [0, 0.1) is 0 Å². The maximum absolute atomic E-state index is 14.5. The fourth-order valence-corrected chi connectivity index (χ4v) is 6.15. The van der Waals surface area contributed by atoms with Gasteiger partial charge in [0, 0.05) is 11.1 Å². The summed E-state index contributed by atoms with van der Waals surface area (Å²) >= 11 is 0. The largest absolute Gasteiger partial charge is 0.496 e. The Morgan fingerprint density at radius 2 is 0.946 bits per heavy atom. The van der Waals surface area contributed by atoms with Crippen LogP contribution >= 0.6 is 0 Å². The molecule has 0 aliphatic rings. The number of rotatable bonds is 16. The van der Waals surface area contributed by atoms with Crippen molar-refractivity contribution in [2.45, 2.75) is 75.0 Å². The van der Waals surface area contributed by atoms with Crippen molar-refractivity contribution in [2.75, 3.05) is 28.4 Å². The quantitative estimate of drug-likeness (QED) is 0.207. The van der Waals surface area contributed by atoms with E-state index in [1.165, 1.54) is 28.4 Å². The normalized spacial score (nSPS) is 11.8. The molecule has 7 heteroatoms. The molecule has 204 valence electrons. The number of allylic oxidation sites excluding steroid dienone is 2. The second-order valence-electron chi connectivity index (χ2n) is 8.73. The standard InChI is InChI=1S/C30H42O6S/c1-7-9-11-13-15-17-23-25(33-3)19-21-27(35-5)29(23)37(31,32)30-24(18-16-14-12-10-8-2)26(34-4)20-22-28(30)36-6/h15-22H,7-14H2,1-6H3. The number of unbranched alkanes of at least 4 members (excludes halogenated alkanes) is 6. The number of benzene rings is 2. The second kappa shape index (κ2) is 15.4. The average molecular weight is 531 g/mol. The lowest BCUT2D eigenvalue weighted by Gasteiger charge is -2.19. The van der Waals surface area contributed by atoms with Crippen molar-refractivity contribution in [1.82, 2.24) is 0 Å². The highest BCUT2D eigenvalue weighted by Gasteiger charge is 2.33. The van der Waals surface area contributed by atoms with Gasteiger partial charge < -0.3 is 18.9 Å². The lowest BCUT2D eigenvalue weighted by atomic mass is 10.1. The molecule has 2 aromatic carbocycles. The summed E-state index contributed by atoms with van der Waals surface area (Å²) in [5.41, 5.74) is 0.891. The van der Waals surface area contributed by atoms with Gasteiger partial charge in [-0.25, -0.2) is 8.42 Å². The van der Waals surface area contributed by atoms with Crippen LogP contribution in [-0.2, 0) is 9.84 Å². The number of hydrogen-bond donors (Lipinski definition) is 0. The first-order valence-corrected chi connectivity index (χ1v) is 14.5. The summed E-state index contributed by atoms with van der Waals surface area (Å²) in [4.78, 5) is 0.0709. The van der Waals surface area contributed by atoms with E-state index in [1.807, 2.05) is 24.3 Å². The number of methoxy groups -OCH3 is 4. The zero-order valence-electron chi connectivity index (χ0n) is 23.1. The first-order chi connectivity index (χ1) is 17.9. The smallest absolute Gasteiger partial charge is 0.215 e. The Labute approximate surface area is 223 Å². The first kappa shape index (κ1) is 30.3. The van der Waals surface area contributed by atoms with Gasteiger partial charge in [0.05, 0.1) is 28.4 Å². The van der Waals surface area contributed by atoms with Gasteiger partial charge in [-0.3, -0.25) is 0 Å². The van der Waals surface area contributed by atoms with Gasteiger partial charge in [0.15, 0.2) is 0 Å². The number of sulfone groups is 1. The molecule has 0 bridgehead atoms. The van der Waals surface area contributed by atoms with Crippen molar-refractivity contribution in [3.05, 3.63) is 47.5 Å². The Morgan fingerprint density at radius 1 is 0.595 bits per heavy atom. The molecule has 0 saturated carbocycles. The summed E-state index contributed by atoms with van der Waals surface area (Å²) in [6.45, 7) is 4.30. The molecular formula is C30H42O6S. The predicted octanol–water partition coefficient (Wildman–Crippen LogP) is 7.74. The summed E-state index contributed by atoms with van der Waals surface area (Å²) in [5, 5.41) is 0. The second-order valence-corrected chi connectivity index (χ2v) is 10.5. The van der Waals surface area contributed by atoms with Crippen molar-refractivity contribution >= 4 is 22.0 Å². The summed E-state index contributed by atoms with van der Waals surface area (Å²) in [6.07, 6.45) is 15.8. The molecule has 0 fully saturated rings. The molecule has 0 unspecified atom stereocenters. The van der Waals surface area contributed by atoms with Crippen LogP contribution in [-0.4, -0.2) is 36.9 Å². The van der Waals surface area contributed by atoms with Crippen LogP contribution in [0.15, 0.2) is 46.2 Å². The number of hydrogen-bond acceptors (Lipinski definition) is 6. The van der Waals surface area contributed by atoms with Gasteiger partial charge in [0.25, 0.3) is 0 Å². The molecule has 0 amide bonds. The van der Waals surface area contributed by atoms with E-state index in [2.05, 4.69) is 13.8 Å². The topological polar surface area (TPSA) is 71.1 Å². The Kier molecular flexibility index (Phi) is 12.6. The van der Waals surface area contributed by atoms with E-state index in [4.69, 9.17) is 18.9 Å². The summed E-state index contributed by atoms with van der Waals surface area (Å²) in [6, 6.07) is 6.68. The monoisotopic (exact) mass is 530 g/mol. The third kappa shape index (κ3) is 7.54. The van der Waals surface area contributed by atoms with Crippen LogP contribution in [0.4, 0.5) is 0 Å². The van der Waals surface area contributed by atoms with Crippen molar-refractivity contribution in [3.63, 3.8) is 0 Å². The van der Waals surface area contributed by atoms with Crippen LogP contribution < -0.4 is 18.9 Å². The van der Waals surface area contributed by atoms with E-state index in [9.17, 15) is 8.42 Å². The Balaban J connectivity index is 2.80. The SMILES string of the molecule is CCCCCC=Cc1c(OC)ccc(OC)c1S(=O)(=O)c1c(OC)ccc(OC)c1C=CCCCCC. The maximum atomic E-state index is 14.5. The summed E-state index contributed by atoms with van der Waals surface area (Å²) in [7, 11) is 1.83. The molecule has 6 nitrogen and oxygen atoms in total. The number of ether oxygens (including phenoxy) is 4. The summed E-state index contributed by atoms with van der Waals surface area (Å²) < 4.78 is 51.3. The molecule has 0 heterocycles. The molecule has 2 rings (SSSR count). The highest BCUT2D eigenvalue weighted by atomic mass is 32.2. The van der Waals surface area contributed by atoms with Gasteiger partial charge in [-0.15, -0.1) is 0 Å². The highest BCUT2D eigenvalue weighted by Crippen LogP contribution is 2.44. The van der Waals surface area contributed by atoms with Crippen LogP contribution in [0.5, 0.6) is 23.0 Å². The third-order valence-electron chi connectivity index (χ3n) is 6.17. The maximum Gasteiger partial charge on any atom is 0.215 e. The van der Waals surface area contributed by atoms with Gasteiger partial charge in [-0.1, -0.05) is 63.8 Å². The van der Waals surface area contributed by atoms with Crippen LogP contribution in [0.25, 0.3) is 12.2 Å². The van der Waals surface area contributed by atoms with Crippen molar-refractivity contribution in [3.8, 4) is 23.0 Å². The lowest BCUT2D eigenvalue weighted by molar-refractivity contribution is 0.387. The molecule has 0 saturated heterocycles. The Hall–Kier alpha value is -2.93. The molecule has 0 atom stereocenters. The minimum Gasteiger partial charge on any atom is -0.496 e. The van der Waals surface area contributed by atoms with Crippen molar-refractivity contribution in [2.24, 2.45) is 0 Å². The zero-order chi connectivity index (χ0) is 27.3. The Morgan fingerprint density at radius 3 is 1.27 bits per heavy atom. The lowest BCUT2D eigenvalue weighted by Crippen LogP contribution is -2.11. The van der Waals surface area contributed by atoms with E-state index in [1.54, 1.807) is 24.3 Å². The van der Waals surface area contributed by atoms with Crippen LogP contribution in [0.1, 0.15) is 76.3 Å². The van der Waals surface area contributed by atoms with Crippen molar-refractivity contribution in [1.29, 1.82) is 0 Å². The molecule has 0 spiro atoms. The molecule has 0 radical (unpaired) electrons. The first-order valence-electron chi connectivity index (χ1n) is 13.0. The zero-order valence-corrected chi connectivity index (χ0v) is 23.9. The molecule has 0 N–H and O–H groups in total. The van der Waals surface area contributed by atoms with E-state index < -0.39 is 9.84 Å². The van der Waals surface area contributed by atoms with E-state index in [0.717, 1.165) is 51.4 Å². The van der Waals surface area contributed by atoms with Crippen LogP contribution in [0.2, 0.25) is 0 Å². The average Bonchev–Trinajstić information content (AvgIpc) is 2.91. The minimum absolute atomic E-state index is 0.0354. The van der Waals surface area contributed by atoms with Gasteiger partial charge in [0.2, 0.25) is 9.84 Å². The van der Waals surface area contributed by atoms with E-state index in [0.29, 0.717) is 22.6 Å². The fraction of sp³-hybridized carbons (Fsp3) is 0.467. The third-order valence-corrected chi connectivity index (χ3v) is 8.09. The predicted molar refractivity (Wildman–Crippen MR) is 151 cm³/mol. The van der Waals surface area contributed by atoms with Crippen molar-refractivity contribution < 1.29 is 27.4 Å². The van der Waals surface area contributed by atoms with Gasteiger partial charge in [-0.05, 0) is 49.9 Å². The van der Waals surface area contributed by atoms with E-state index >= 15 is 0 Å². The van der Waals surface area contributed by atoms with Gasteiger partial charge in [-0.2, -0.15) is 0 Å². The van der Waals surface area contributed by atoms with Gasteiger partial charge >= 0.3 is 0 Å². The molecule has 0 aromatic heterocycles. The minimum atomic E-state index is -4.16. The van der Waals surface area contributed by atoms with Crippen LogP contribution in [0.3, 0.4) is 0 Å². The van der Waals surface area contributed by atoms with E-state index in [-0.39, 0.29) is 21.3 Å².